The summed E-state index contributed by atoms with van der Waals surface area (Å²) in [6, 6.07) is 25.2. The summed E-state index contributed by atoms with van der Waals surface area (Å²) in [5, 5.41) is 10.5. The lowest BCUT2D eigenvalue weighted by Gasteiger charge is -2.13. The number of unbranched alkanes of at least 4 members (excludes halogenated alkanes) is 5. The Kier molecular flexibility index (Phi) is 6.50. The predicted octanol–water partition coefficient (Wildman–Crippen LogP) is 10.5. The van der Waals surface area contributed by atoms with Crippen LogP contribution in [-0.4, -0.2) is 0 Å². The van der Waals surface area contributed by atoms with Gasteiger partial charge in [-0.25, -0.2) is 0 Å². The zero-order chi connectivity index (χ0) is 23.5. The van der Waals surface area contributed by atoms with Crippen molar-refractivity contribution in [2.24, 2.45) is 0 Å². The van der Waals surface area contributed by atoms with Gasteiger partial charge in [0.05, 0.1) is 0 Å². The zero-order valence-corrected chi connectivity index (χ0v) is 20.4. The minimum absolute atomic E-state index is 1.13. The standard InChI is InChI=1S/C34H34/c1-4-7-8-9-10-11-12-24-13-16-28-26(23-24)15-18-32-30(28)20-22-33-31-17-14-25(5-2)27(6-3)29(31)19-21-34(32)33/h5-6,13-23H,2-4,7-12H2,1H3. The van der Waals surface area contributed by atoms with Gasteiger partial charge in [-0.1, -0.05) is 131 Å². The van der Waals surface area contributed by atoms with E-state index in [9.17, 15) is 0 Å². The normalized spacial score (nSPS) is 11.6. The van der Waals surface area contributed by atoms with Gasteiger partial charge in [-0.15, -0.1) is 0 Å². The molecule has 0 bridgehead atoms. The summed E-state index contributed by atoms with van der Waals surface area (Å²) in [6.45, 7) is 10.3. The number of benzene rings is 5. The van der Waals surface area contributed by atoms with Gasteiger partial charge in [-0.05, 0) is 72.6 Å². The Bertz CT molecular complexity index is 1520. The summed E-state index contributed by atoms with van der Waals surface area (Å²) in [7, 11) is 0. The third-order valence-corrected chi connectivity index (χ3v) is 7.39. The van der Waals surface area contributed by atoms with Crippen molar-refractivity contribution in [3.05, 3.63) is 96.6 Å². The second-order valence-corrected chi connectivity index (χ2v) is 9.53. The van der Waals surface area contributed by atoms with Crippen molar-refractivity contribution in [1.29, 1.82) is 0 Å². The van der Waals surface area contributed by atoms with Gasteiger partial charge in [-0.2, -0.15) is 0 Å². The minimum Gasteiger partial charge on any atom is -0.0984 e. The van der Waals surface area contributed by atoms with Gasteiger partial charge in [0.15, 0.2) is 0 Å². The fourth-order valence-corrected chi connectivity index (χ4v) is 5.54. The lowest BCUT2D eigenvalue weighted by molar-refractivity contribution is 0.607. The van der Waals surface area contributed by atoms with Gasteiger partial charge in [0.2, 0.25) is 0 Å². The van der Waals surface area contributed by atoms with Crippen LogP contribution >= 0.6 is 0 Å². The molecule has 0 fully saturated rings. The first-order valence-corrected chi connectivity index (χ1v) is 12.8. The monoisotopic (exact) mass is 442 g/mol. The van der Waals surface area contributed by atoms with Crippen molar-refractivity contribution in [2.75, 3.05) is 0 Å². The summed E-state index contributed by atoms with van der Waals surface area (Å²) in [5.41, 5.74) is 3.75. The van der Waals surface area contributed by atoms with Crippen LogP contribution in [0.5, 0.6) is 0 Å². The number of hydrogen-bond donors (Lipinski definition) is 0. The second kappa shape index (κ2) is 9.85. The van der Waals surface area contributed by atoms with E-state index in [1.165, 1.54) is 93.6 Å². The van der Waals surface area contributed by atoms with Crippen LogP contribution in [0.4, 0.5) is 0 Å². The van der Waals surface area contributed by atoms with Crippen LogP contribution in [0, 0.1) is 0 Å². The molecule has 0 radical (unpaired) electrons. The van der Waals surface area contributed by atoms with E-state index >= 15 is 0 Å². The van der Waals surface area contributed by atoms with Crippen molar-refractivity contribution >= 4 is 55.2 Å². The van der Waals surface area contributed by atoms with Gasteiger partial charge in [0.25, 0.3) is 0 Å². The van der Waals surface area contributed by atoms with Gasteiger partial charge in [0.1, 0.15) is 0 Å². The first-order chi connectivity index (χ1) is 16.7. The Morgan fingerprint density at radius 2 is 1.12 bits per heavy atom. The average Bonchev–Trinajstić information content (AvgIpc) is 2.88. The Hall–Kier alpha value is -3.38. The van der Waals surface area contributed by atoms with Crippen molar-refractivity contribution in [3.63, 3.8) is 0 Å². The Morgan fingerprint density at radius 1 is 0.559 bits per heavy atom. The van der Waals surface area contributed by atoms with Crippen LogP contribution in [0.2, 0.25) is 0 Å². The maximum atomic E-state index is 4.05. The van der Waals surface area contributed by atoms with Gasteiger partial charge < -0.3 is 0 Å². The van der Waals surface area contributed by atoms with Crippen molar-refractivity contribution in [1.82, 2.24) is 0 Å². The van der Waals surface area contributed by atoms with Crippen molar-refractivity contribution in [2.45, 2.75) is 51.9 Å². The van der Waals surface area contributed by atoms with Crippen LogP contribution in [0.3, 0.4) is 0 Å². The lowest BCUT2D eigenvalue weighted by atomic mass is 9.91. The first-order valence-electron chi connectivity index (χ1n) is 12.8. The number of fused-ring (bicyclic) bond motifs is 7. The highest BCUT2D eigenvalue weighted by Crippen LogP contribution is 2.36. The van der Waals surface area contributed by atoms with E-state index < -0.39 is 0 Å². The molecule has 0 amide bonds. The summed E-state index contributed by atoms with van der Waals surface area (Å²) in [4.78, 5) is 0. The first kappa shape index (κ1) is 22.4. The fourth-order valence-electron chi connectivity index (χ4n) is 5.54. The molecule has 0 heterocycles. The molecule has 0 atom stereocenters. The molecule has 0 aromatic heterocycles. The molecule has 0 heteroatoms. The molecule has 34 heavy (non-hydrogen) atoms. The van der Waals surface area contributed by atoms with Crippen LogP contribution in [0.25, 0.3) is 55.2 Å². The molecule has 0 aliphatic heterocycles. The molecule has 0 unspecified atom stereocenters. The fraction of sp³-hybridized carbons (Fsp3) is 0.235. The topological polar surface area (TPSA) is 0 Å². The number of hydrogen-bond acceptors (Lipinski definition) is 0. The van der Waals surface area contributed by atoms with E-state index in [0.717, 1.165) is 11.1 Å². The Balaban J connectivity index is 1.53. The van der Waals surface area contributed by atoms with Crippen LogP contribution in [-0.2, 0) is 6.42 Å². The molecule has 0 N–H and O–H groups in total. The largest absolute Gasteiger partial charge is 0.0984 e. The zero-order valence-electron chi connectivity index (χ0n) is 20.4. The molecular weight excluding hydrogens is 408 g/mol. The molecule has 5 rings (SSSR count). The number of rotatable bonds is 9. The van der Waals surface area contributed by atoms with Gasteiger partial charge in [-0.3, -0.25) is 0 Å². The van der Waals surface area contributed by atoms with E-state index in [2.05, 4.69) is 86.8 Å². The highest BCUT2D eigenvalue weighted by atomic mass is 14.1. The van der Waals surface area contributed by atoms with E-state index in [1.807, 2.05) is 12.2 Å². The number of aryl methyl sites for hydroxylation is 1. The van der Waals surface area contributed by atoms with Crippen LogP contribution in [0.1, 0.15) is 62.1 Å². The third kappa shape index (κ3) is 4.03. The summed E-state index contributed by atoms with van der Waals surface area (Å²) in [5.74, 6) is 0. The molecule has 0 saturated heterocycles. The maximum absolute atomic E-state index is 4.05. The average molecular weight is 443 g/mol. The maximum Gasteiger partial charge on any atom is -0.00987 e. The molecule has 0 aliphatic carbocycles. The smallest absolute Gasteiger partial charge is 0.00987 e. The van der Waals surface area contributed by atoms with Crippen LogP contribution in [0.15, 0.2) is 79.9 Å². The molecule has 0 nitrogen and oxygen atoms in total. The Morgan fingerprint density at radius 3 is 1.82 bits per heavy atom. The van der Waals surface area contributed by atoms with E-state index in [1.54, 1.807) is 0 Å². The SMILES string of the molecule is C=Cc1ccc2c(ccc3c2ccc2c4ccc(CCCCCCCC)cc4ccc23)c1C=C. The Labute approximate surface area is 203 Å². The van der Waals surface area contributed by atoms with E-state index in [4.69, 9.17) is 0 Å². The molecule has 0 saturated carbocycles. The molecule has 0 spiro atoms. The van der Waals surface area contributed by atoms with E-state index in [-0.39, 0.29) is 0 Å². The molecular formula is C34H34. The molecule has 5 aromatic rings. The lowest BCUT2D eigenvalue weighted by Crippen LogP contribution is -1.89. The summed E-state index contributed by atoms with van der Waals surface area (Å²) < 4.78 is 0. The van der Waals surface area contributed by atoms with Crippen molar-refractivity contribution in [3.8, 4) is 0 Å². The van der Waals surface area contributed by atoms with Crippen molar-refractivity contribution < 1.29 is 0 Å². The van der Waals surface area contributed by atoms with E-state index in [0.29, 0.717) is 0 Å². The van der Waals surface area contributed by atoms with Gasteiger partial charge in [0, 0.05) is 0 Å². The highest BCUT2D eigenvalue weighted by Gasteiger charge is 2.10. The van der Waals surface area contributed by atoms with Crippen LogP contribution < -0.4 is 0 Å². The third-order valence-electron chi connectivity index (χ3n) is 7.39. The molecule has 170 valence electrons. The predicted molar refractivity (Wildman–Crippen MR) is 154 cm³/mol. The van der Waals surface area contributed by atoms with Gasteiger partial charge >= 0.3 is 0 Å². The highest BCUT2D eigenvalue weighted by molar-refractivity contribution is 6.22. The second-order valence-electron chi connectivity index (χ2n) is 9.53. The quantitative estimate of drug-likeness (QED) is 0.157. The minimum atomic E-state index is 1.13. The summed E-state index contributed by atoms with van der Waals surface area (Å²) in [6.07, 6.45) is 13.1. The molecule has 0 aliphatic rings. The molecule has 5 aromatic carbocycles. The summed E-state index contributed by atoms with van der Waals surface area (Å²) >= 11 is 0.